The average Bonchev–Trinajstić information content (AvgIpc) is 2.37. The average molecular weight is 299 g/mol. The number of anilines is 1. The Hall–Kier alpha value is -1.36. The molecule has 1 atom stereocenters. The lowest BCUT2D eigenvalue weighted by Gasteiger charge is -2.12. The minimum Gasteiger partial charge on any atom is -0.369 e. The molecule has 0 fully saturated rings. The van der Waals surface area contributed by atoms with Crippen LogP contribution >= 0.6 is 11.6 Å². The highest BCUT2D eigenvalue weighted by Crippen LogP contribution is 2.16. The van der Waals surface area contributed by atoms with Gasteiger partial charge >= 0.3 is 0 Å². The lowest BCUT2D eigenvalue weighted by atomic mass is 10.2. The predicted octanol–water partition coefficient (Wildman–Crippen LogP) is 2.97. The van der Waals surface area contributed by atoms with Gasteiger partial charge < -0.3 is 10.6 Å². The third-order valence-electron chi connectivity index (χ3n) is 2.91. The van der Waals surface area contributed by atoms with Gasteiger partial charge in [-0.05, 0) is 13.3 Å². The molecule has 2 N–H and O–H groups in total. The molecule has 0 aromatic carbocycles. The van der Waals surface area contributed by atoms with E-state index in [1.165, 1.54) is 0 Å². The van der Waals surface area contributed by atoms with Crippen LogP contribution in [0.5, 0.6) is 0 Å². The van der Waals surface area contributed by atoms with Crippen LogP contribution < -0.4 is 10.6 Å². The molecule has 0 spiro atoms. The van der Waals surface area contributed by atoms with Gasteiger partial charge in [-0.2, -0.15) is 0 Å². The summed E-state index contributed by atoms with van der Waals surface area (Å²) in [4.78, 5) is 20.2. The van der Waals surface area contributed by atoms with E-state index in [4.69, 9.17) is 11.6 Å². The second-order valence-electron chi connectivity index (χ2n) is 5.14. The standard InChI is InChI=1S/C14H23ClN4O/c1-5-10(4)17-13(20)6-7-16-12-8-11(15)18-14(19-12)9(2)3/h8-10H,5-7H2,1-4H3,(H,17,20)(H,16,18,19). The van der Waals surface area contributed by atoms with Crippen LogP contribution in [0.2, 0.25) is 5.15 Å². The second-order valence-corrected chi connectivity index (χ2v) is 5.53. The van der Waals surface area contributed by atoms with Gasteiger partial charge in [-0.1, -0.05) is 32.4 Å². The summed E-state index contributed by atoms with van der Waals surface area (Å²) in [5, 5.41) is 6.44. The number of rotatable bonds is 7. The Morgan fingerprint density at radius 1 is 1.35 bits per heavy atom. The summed E-state index contributed by atoms with van der Waals surface area (Å²) in [6.45, 7) is 8.57. The molecule has 20 heavy (non-hydrogen) atoms. The lowest BCUT2D eigenvalue weighted by Crippen LogP contribution is -2.33. The van der Waals surface area contributed by atoms with Gasteiger partial charge in [-0.25, -0.2) is 9.97 Å². The van der Waals surface area contributed by atoms with Gasteiger partial charge in [-0.15, -0.1) is 0 Å². The number of carbonyl (C=O) groups is 1. The fourth-order valence-corrected chi connectivity index (χ4v) is 1.73. The van der Waals surface area contributed by atoms with Gasteiger partial charge in [0.25, 0.3) is 0 Å². The highest BCUT2D eigenvalue weighted by Gasteiger charge is 2.08. The minimum absolute atomic E-state index is 0.0380. The Morgan fingerprint density at radius 2 is 2.05 bits per heavy atom. The molecule has 0 aliphatic carbocycles. The summed E-state index contributed by atoms with van der Waals surface area (Å²) in [7, 11) is 0. The lowest BCUT2D eigenvalue weighted by molar-refractivity contribution is -0.121. The second kappa shape index (κ2) is 8.04. The molecule has 0 saturated carbocycles. The molecule has 5 nitrogen and oxygen atoms in total. The molecule has 1 rings (SSSR count). The van der Waals surface area contributed by atoms with E-state index in [2.05, 4.69) is 20.6 Å². The van der Waals surface area contributed by atoms with Gasteiger partial charge in [0.15, 0.2) is 0 Å². The smallest absolute Gasteiger partial charge is 0.221 e. The van der Waals surface area contributed by atoms with E-state index >= 15 is 0 Å². The van der Waals surface area contributed by atoms with Crippen molar-refractivity contribution in [3.05, 3.63) is 17.0 Å². The molecule has 0 bridgehead atoms. The van der Waals surface area contributed by atoms with Crippen molar-refractivity contribution in [3.8, 4) is 0 Å². The van der Waals surface area contributed by atoms with Crippen LogP contribution in [0.15, 0.2) is 6.07 Å². The number of hydrogen-bond donors (Lipinski definition) is 2. The Bertz CT molecular complexity index is 451. The number of amides is 1. The molecule has 6 heteroatoms. The molecule has 1 amide bonds. The molecule has 0 saturated heterocycles. The van der Waals surface area contributed by atoms with Gasteiger partial charge in [0.1, 0.15) is 16.8 Å². The fraction of sp³-hybridized carbons (Fsp3) is 0.643. The quantitative estimate of drug-likeness (QED) is 0.760. The highest BCUT2D eigenvalue weighted by molar-refractivity contribution is 6.29. The Kier molecular flexibility index (Phi) is 6.71. The number of hydrogen-bond acceptors (Lipinski definition) is 4. The number of carbonyl (C=O) groups excluding carboxylic acids is 1. The van der Waals surface area contributed by atoms with Crippen molar-refractivity contribution in [2.75, 3.05) is 11.9 Å². The van der Waals surface area contributed by atoms with Crippen molar-refractivity contribution in [2.45, 2.75) is 52.5 Å². The van der Waals surface area contributed by atoms with E-state index < -0.39 is 0 Å². The van der Waals surface area contributed by atoms with Gasteiger partial charge in [0, 0.05) is 31.0 Å². The largest absolute Gasteiger partial charge is 0.369 e. The molecule has 1 aromatic rings. The van der Waals surface area contributed by atoms with Gasteiger partial charge in [0.05, 0.1) is 0 Å². The van der Waals surface area contributed by atoms with Crippen molar-refractivity contribution < 1.29 is 4.79 Å². The third-order valence-corrected chi connectivity index (χ3v) is 3.10. The topological polar surface area (TPSA) is 66.9 Å². The van der Waals surface area contributed by atoms with Crippen LogP contribution in [-0.2, 0) is 4.79 Å². The van der Waals surface area contributed by atoms with E-state index in [9.17, 15) is 4.79 Å². The van der Waals surface area contributed by atoms with Crippen LogP contribution in [0.3, 0.4) is 0 Å². The summed E-state index contributed by atoms with van der Waals surface area (Å²) in [5.41, 5.74) is 0. The van der Waals surface area contributed by atoms with Crippen molar-refractivity contribution in [1.29, 1.82) is 0 Å². The van der Waals surface area contributed by atoms with E-state index in [1.54, 1.807) is 6.07 Å². The Balaban J connectivity index is 2.48. The van der Waals surface area contributed by atoms with Crippen LogP contribution in [-0.4, -0.2) is 28.5 Å². The highest BCUT2D eigenvalue weighted by atomic mass is 35.5. The maximum Gasteiger partial charge on any atom is 0.221 e. The van der Waals surface area contributed by atoms with Crippen LogP contribution in [0.25, 0.3) is 0 Å². The summed E-state index contributed by atoms with van der Waals surface area (Å²) in [5.74, 6) is 1.60. The first kappa shape index (κ1) is 16.7. The summed E-state index contributed by atoms with van der Waals surface area (Å²) >= 11 is 5.95. The molecule has 112 valence electrons. The molecule has 0 aliphatic rings. The zero-order chi connectivity index (χ0) is 15.1. The van der Waals surface area contributed by atoms with E-state index in [-0.39, 0.29) is 17.9 Å². The van der Waals surface area contributed by atoms with Crippen molar-refractivity contribution >= 4 is 23.3 Å². The van der Waals surface area contributed by atoms with Crippen molar-refractivity contribution in [1.82, 2.24) is 15.3 Å². The first-order valence-corrected chi connectivity index (χ1v) is 7.37. The molecule has 1 heterocycles. The van der Waals surface area contributed by atoms with Crippen molar-refractivity contribution in [2.24, 2.45) is 0 Å². The first-order chi connectivity index (χ1) is 9.42. The number of nitrogens with zero attached hydrogens (tertiary/aromatic N) is 2. The molecule has 0 radical (unpaired) electrons. The monoisotopic (exact) mass is 298 g/mol. The van der Waals surface area contributed by atoms with E-state index in [0.717, 1.165) is 6.42 Å². The summed E-state index contributed by atoms with van der Waals surface area (Å²) < 4.78 is 0. The minimum atomic E-state index is 0.0380. The number of halogens is 1. The Labute approximate surface area is 125 Å². The van der Waals surface area contributed by atoms with Gasteiger partial charge in [-0.3, -0.25) is 4.79 Å². The van der Waals surface area contributed by atoms with Crippen LogP contribution in [0.4, 0.5) is 5.82 Å². The summed E-state index contributed by atoms with van der Waals surface area (Å²) in [6.07, 6.45) is 1.33. The van der Waals surface area contributed by atoms with E-state index in [0.29, 0.717) is 29.8 Å². The zero-order valence-corrected chi connectivity index (χ0v) is 13.3. The normalized spacial score (nSPS) is 12.3. The SMILES string of the molecule is CCC(C)NC(=O)CCNc1cc(Cl)nc(C(C)C)n1. The van der Waals surface area contributed by atoms with Crippen LogP contribution in [0.1, 0.15) is 52.3 Å². The molecular weight excluding hydrogens is 276 g/mol. The Morgan fingerprint density at radius 3 is 2.65 bits per heavy atom. The van der Waals surface area contributed by atoms with Crippen LogP contribution in [0, 0.1) is 0 Å². The summed E-state index contributed by atoms with van der Waals surface area (Å²) in [6, 6.07) is 1.88. The maximum atomic E-state index is 11.6. The fourth-order valence-electron chi connectivity index (χ4n) is 1.54. The predicted molar refractivity (Wildman–Crippen MR) is 82.1 cm³/mol. The number of aromatic nitrogens is 2. The van der Waals surface area contributed by atoms with E-state index in [1.807, 2.05) is 27.7 Å². The third kappa shape index (κ3) is 5.74. The van der Waals surface area contributed by atoms with Crippen molar-refractivity contribution in [3.63, 3.8) is 0 Å². The molecule has 0 aliphatic heterocycles. The maximum absolute atomic E-state index is 11.6. The van der Waals surface area contributed by atoms with Gasteiger partial charge in [0.2, 0.25) is 5.91 Å². The molecule has 1 unspecified atom stereocenters. The molecule has 1 aromatic heterocycles. The first-order valence-electron chi connectivity index (χ1n) is 7.00. The molecular formula is C14H23ClN4O. The zero-order valence-electron chi connectivity index (χ0n) is 12.5. The number of nitrogens with one attached hydrogen (secondary N) is 2.